The van der Waals surface area contributed by atoms with Gasteiger partial charge >= 0.3 is 0 Å². The van der Waals surface area contributed by atoms with E-state index in [4.69, 9.17) is 5.73 Å². The van der Waals surface area contributed by atoms with Gasteiger partial charge in [-0.1, -0.05) is 32.9 Å². The van der Waals surface area contributed by atoms with E-state index in [0.29, 0.717) is 6.42 Å². The van der Waals surface area contributed by atoms with Crippen LogP contribution in [0.1, 0.15) is 38.7 Å². The molecule has 0 aliphatic heterocycles. The highest BCUT2D eigenvalue weighted by molar-refractivity contribution is 5.74. The molecule has 0 spiro atoms. The van der Waals surface area contributed by atoms with Crippen LogP contribution in [0, 0.1) is 5.82 Å². The fraction of sp³-hybridized carbons (Fsp3) is 0.417. The smallest absolute Gasteiger partial charge is 0.218 e. The summed E-state index contributed by atoms with van der Waals surface area (Å²) in [5, 5.41) is 0. The van der Waals surface area contributed by atoms with Gasteiger partial charge < -0.3 is 5.73 Å². The minimum atomic E-state index is -0.336. The monoisotopic (exact) mass is 211 g/mol. The van der Waals surface area contributed by atoms with Crippen molar-refractivity contribution >= 4 is 5.91 Å². The van der Waals surface area contributed by atoms with E-state index in [2.05, 4.69) is 0 Å². The number of hydrogen-bond donors (Lipinski definition) is 1. The molecular weight excluding hydrogens is 193 g/mol. The van der Waals surface area contributed by atoms with Gasteiger partial charge in [-0.05, 0) is 23.6 Å². The van der Waals surface area contributed by atoms with Gasteiger partial charge in [-0.3, -0.25) is 4.79 Å². The topological polar surface area (TPSA) is 43.1 Å². The average Bonchev–Trinajstić information content (AvgIpc) is 2.20. The minimum Gasteiger partial charge on any atom is -0.370 e. The van der Waals surface area contributed by atoms with Crippen molar-refractivity contribution in [3.8, 4) is 0 Å². The SMILES string of the molecule is CC.CC(CC(N)=O)c1ccc(F)cc1. The number of rotatable bonds is 3. The maximum atomic E-state index is 12.5. The molecule has 2 N–H and O–H groups in total. The molecule has 0 aliphatic rings. The molecule has 0 saturated heterocycles. The van der Waals surface area contributed by atoms with E-state index >= 15 is 0 Å². The Bertz CT molecular complexity index is 295. The Balaban J connectivity index is 0.000000921. The largest absolute Gasteiger partial charge is 0.370 e. The van der Waals surface area contributed by atoms with Crippen molar-refractivity contribution in [3.63, 3.8) is 0 Å². The summed E-state index contributed by atoms with van der Waals surface area (Å²) >= 11 is 0. The summed E-state index contributed by atoms with van der Waals surface area (Å²) in [5.74, 6) is -0.551. The molecule has 1 rings (SSSR count). The summed E-state index contributed by atoms with van der Waals surface area (Å²) in [6.07, 6.45) is 0.297. The average molecular weight is 211 g/mol. The second-order valence-electron chi connectivity index (χ2n) is 3.12. The second-order valence-corrected chi connectivity index (χ2v) is 3.12. The lowest BCUT2D eigenvalue weighted by Gasteiger charge is -2.08. The predicted octanol–water partition coefficient (Wildman–Crippen LogP) is 2.83. The van der Waals surface area contributed by atoms with E-state index < -0.39 is 0 Å². The first-order chi connectivity index (χ1) is 7.09. The maximum absolute atomic E-state index is 12.5. The van der Waals surface area contributed by atoms with Gasteiger partial charge in [0, 0.05) is 6.42 Å². The first-order valence-electron chi connectivity index (χ1n) is 5.13. The van der Waals surface area contributed by atoms with Gasteiger partial charge in [-0.2, -0.15) is 0 Å². The molecule has 1 aromatic rings. The molecule has 0 aliphatic carbocycles. The van der Waals surface area contributed by atoms with Crippen LogP contribution in [0.5, 0.6) is 0 Å². The summed E-state index contributed by atoms with van der Waals surface area (Å²) in [7, 11) is 0. The summed E-state index contributed by atoms with van der Waals surface area (Å²) < 4.78 is 12.5. The van der Waals surface area contributed by atoms with Crippen LogP contribution < -0.4 is 5.73 Å². The molecule has 84 valence electrons. The Morgan fingerprint density at radius 1 is 1.33 bits per heavy atom. The van der Waals surface area contributed by atoms with Crippen LogP contribution in [-0.4, -0.2) is 5.91 Å². The summed E-state index contributed by atoms with van der Waals surface area (Å²) in [6, 6.07) is 6.10. The predicted molar refractivity (Wildman–Crippen MR) is 60.0 cm³/mol. The van der Waals surface area contributed by atoms with Gasteiger partial charge in [0.1, 0.15) is 5.82 Å². The van der Waals surface area contributed by atoms with Crippen LogP contribution in [0.25, 0.3) is 0 Å². The fourth-order valence-electron chi connectivity index (χ4n) is 1.21. The number of carbonyl (C=O) groups excluding carboxylic acids is 1. The van der Waals surface area contributed by atoms with Crippen LogP contribution in [-0.2, 0) is 4.79 Å². The van der Waals surface area contributed by atoms with Crippen molar-refractivity contribution < 1.29 is 9.18 Å². The second kappa shape index (κ2) is 6.98. The summed E-state index contributed by atoms with van der Waals surface area (Å²) in [6.45, 7) is 5.89. The normalized spacial score (nSPS) is 11.2. The first kappa shape index (κ1) is 13.6. The van der Waals surface area contributed by atoms with Crippen LogP contribution in [0.15, 0.2) is 24.3 Å². The molecule has 1 aromatic carbocycles. The highest BCUT2D eigenvalue weighted by Gasteiger charge is 2.08. The Morgan fingerprint density at radius 2 is 1.80 bits per heavy atom. The molecule has 1 amide bonds. The first-order valence-corrected chi connectivity index (χ1v) is 5.13. The highest BCUT2D eigenvalue weighted by atomic mass is 19.1. The molecule has 3 heteroatoms. The summed E-state index contributed by atoms with van der Waals surface area (Å²) in [5.41, 5.74) is 5.98. The van der Waals surface area contributed by atoms with E-state index in [0.717, 1.165) is 5.56 Å². The van der Waals surface area contributed by atoms with E-state index in [1.54, 1.807) is 12.1 Å². The van der Waals surface area contributed by atoms with Crippen LogP contribution in [0.4, 0.5) is 4.39 Å². The van der Waals surface area contributed by atoms with Gasteiger partial charge in [0.15, 0.2) is 0 Å². The number of benzene rings is 1. The van der Waals surface area contributed by atoms with Gasteiger partial charge in [-0.15, -0.1) is 0 Å². The molecule has 1 unspecified atom stereocenters. The molecule has 0 aromatic heterocycles. The zero-order valence-corrected chi connectivity index (χ0v) is 9.46. The molecule has 0 bridgehead atoms. The van der Waals surface area contributed by atoms with E-state index in [9.17, 15) is 9.18 Å². The minimum absolute atomic E-state index is 0.0538. The molecule has 0 saturated carbocycles. The standard InChI is InChI=1S/C10H12FNO.C2H6/c1-7(6-10(12)13)8-2-4-9(11)5-3-8;1-2/h2-5,7H,6H2,1H3,(H2,12,13);1-2H3. The molecule has 1 atom stereocenters. The Labute approximate surface area is 90.3 Å². The van der Waals surface area contributed by atoms with E-state index in [1.165, 1.54) is 12.1 Å². The van der Waals surface area contributed by atoms with Crippen molar-refractivity contribution in [3.05, 3.63) is 35.6 Å². The zero-order chi connectivity index (χ0) is 11.8. The fourth-order valence-corrected chi connectivity index (χ4v) is 1.21. The Morgan fingerprint density at radius 3 is 2.20 bits per heavy atom. The molecule has 15 heavy (non-hydrogen) atoms. The van der Waals surface area contributed by atoms with E-state index in [-0.39, 0.29) is 17.6 Å². The number of carbonyl (C=O) groups is 1. The van der Waals surface area contributed by atoms with Gasteiger partial charge in [0.2, 0.25) is 5.91 Å². The third kappa shape index (κ3) is 5.15. The van der Waals surface area contributed by atoms with Crippen molar-refractivity contribution in [2.24, 2.45) is 5.73 Å². The van der Waals surface area contributed by atoms with Crippen LogP contribution >= 0.6 is 0 Å². The molecule has 0 fully saturated rings. The number of nitrogens with two attached hydrogens (primary N) is 1. The molecule has 0 radical (unpaired) electrons. The summed E-state index contributed by atoms with van der Waals surface area (Å²) in [4.78, 5) is 10.6. The van der Waals surface area contributed by atoms with Crippen molar-refractivity contribution in [2.45, 2.75) is 33.1 Å². The number of halogens is 1. The number of primary amides is 1. The highest BCUT2D eigenvalue weighted by Crippen LogP contribution is 2.18. The number of amides is 1. The van der Waals surface area contributed by atoms with Crippen LogP contribution in [0.2, 0.25) is 0 Å². The molecule has 2 nitrogen and oxygen atoms in total. The molecule has 0 heterocycles. The van der Waals surface area contributed by atoms with Gasteiger partial charge in [0.25, 0.3) is 0 Å². The zero-order valence-electron chi connectivity index (χ0n) is 9.46. The van der Waals surface area contributed by atoms with Gasteiger partial charge in [0.05, 0.1) is 0 Å². The van der Waals surface area contributed by atoms with E-state index in [1.807, 2.05) is 20.8 Å². The third-order valence-electron chi connectivity index (χ3n) is 1.95. The lowest BCUT2D eigenvalue weighted by atomic mass is 9.98. The van der Waals surface area contributed by atoms with Crippen LogP contribution in [0.3, 0.4) is 0 Å². The third-order valence-corrected chi connectivity index (χ3v) is 1.95. The van der Waals surface area contributed by atoms with Crippen molar-refractivity contribution in [1.29, 1.82) is 0 Å². The van der Waals surface area contributed by atoms with Crippen molar-refractivity contribution in [2.75, 3.05) is 0 Å². The Hall–Kier alpha value is -1.38. The van der Waals surface area contributed by atoms with Crippen molar-refractivity contribution in [1.82, 2.24) is 0 Å². The Kier molecular flexibility index (Phi) is 6.34. The lowest BCUT2D eigenvalue weighted by Crippen LogP contribution is -2.13. The van der Waals surface area contributed by atoms with Gasteiger partial charge in [-0.25, -0.2) is 4.39 Å². The lowest BCUT2D eigenvalue weighted by molar-refractivity contribution is -0.118. The molecular formula is C12H18FNO. The maximum Gasteiger partial charge on any atom is 0.218 e. The number of hydrogen-bond acceptors (Lipinski definition) is 1. The quantitative estimate of drug-likeness (QED) is 0.820.